The third-order valence-corrected chi connectivity index (χ3v) is 2.81. The normalized spacial score (nSPS) is 10.4. The minimum Gasteiger partial charge on any atom is -0.398 e. The van der Waals surface area contributed by atoms with E-state index < -0.39 is 0 Å². The topological polar surface area (TPSA) is 72.3 Å². The number of nitrogen functional groups attached to an aromatic ring is 1. The standard InChI is InChI=1S/C12H18ClN3O/c1-3-4-5-16(15)12(17)10-7-9(13)6-8(2)11(10)14/h6-7H,3-5,14-15H2,1-2H3. The first kappa shape index (κ1) is 13.8. The number of aryl methyl sites for hydroxylation is 1. The Morgan fingerprint density at radius 3 is 2.71 bits per heavy atom. The van der Waals surface area contributed by atoms with Crippen LogP contribution >= 0.6 is 11.6 Å². The molecule has 1 rings (SSSR count). The quantitative estimate of drug-likeness (QED) is 0.375. The van der Waals surface area contributed by atoms with Crippen molar-refractivity contribution in [3.8, 4) is 0 Å². The van der Waals surface area contributed by atoms with E-state index in [0.29, 0.717) is 22.8 Å². The zero-order valence-electron chi connectivity index (χ0n) is 10.2. The Morgan fingerprint density at radius 1 is 1.47 bits per heavy atom. The molecule has 0 aliphatic heterocycles. The van der Waals surface area contributed by atoms with E-state index in [-0.39, 0.29) is 5.91 Å². The summed E-state index contributed by atoms with van der Waals surface area (Å²) in [6.07, 6.45) is 1.84. The maximum atomic E-state index is 12.0. The summed E-state index contributed by atoms with van der Waals surface area (Å²) >= 11 is 5.91. The van der Waals surface area contributed by atoms with E-state index in [1.165, 1.54) is 5.01 Å². The van der Waals surface area contributed by atoms with Crippen LogP contribution in [0.15, 0.2) is 12.1 Å². The van der Waals surface area contributed by atoms with Crippen molar-refractivity contribution >= 4 is 23.2 Å². The Hall–Kier alpha value is -1.26. The minimum atomic E-state index is -0.290. The van der Waals surface area contributed by atoms with E-state index in [1.807, 2.05) is 13.8 Å². The summed E-state index contributed by atoms with van der Waals surface area (Å²) in [5.74, 6) is 5.40. The van der Waals surface area contributed by atoms with Gasteiger partial charge in [0.15, 0.2) is 0 Å². The van der Waals surface area contributed by atoms with Crippen LogP contribution < -0.4 is 11.6 Å². The van der Waals surface area contributed by atoms with Crippen molar-refractivity contribution in [3.63, 3.8) is 0 Å². The van der Waals surface area contributed by atoms with E-state index in [9.17, 15) is 4.79 Å². The van der Waals surface area contributed by atoms with Gasteiger partial charge in [0.1, 0.15) is 0 Å². The Bertz CT molecular complexity index is 420. The molecular weight excluding hydrogens is 238 g/mol. The van der Waals surface area contributed by atoms with E-state index in [1.54, 1.807) is 12.1 Å². The summed E-state index contributed by atoms with van der Waals surface area (Å²) in [6.45, 7) is 4.36. The molecule has 0 radical (unpaired) electrons. The number of unbranched alkanes of at least 4 members (excludes halogenated alkanes) is 1. The highest BCUT2D eigenvalue weighted by Gasteiger charge is 2.16. The Morgan fingerprint density at radius 2 is 2.12 bits per heavy atom. The van der Waals surface area contributed by atoms with Gasteiger partial charge in [-0.2, -0.15) is 0 Å². The first-order chi connectivity index (χ1) is 7.97. The van der Waals surface area contributed by atoms with Crippen LogP contribution in [0.5, 0.6) is 0 Å². The van der Waals surface area contributed by atoms with Crippen LogP contribution in [0.2, 0.25) is 5.02 Å². The number of amides is 1. The van der Waals surface area contributed by atoms with E-state index >= 15 is 0 Å². The molecule has 94 valence electrons. The van der Waals surface area contributed by atoms with Gasteiger partial charge in [0, 0.05) is 17.3 Å². The minimum absolute atomic E-state index is 0.290. The number of nitrogens with two attached hydrogens (primary N) is 2. The molecule has 0 saturated heterocycles. The SMILES string of the molecule is CCCCN(N)C(=O)c1cc(Cl)cc(C)c1N. The van der Waals surface area contributed by atoms with Crippen LogP contribution in [0, 0.1) is 6.92 Å². The number of hydrogen-bond donors (Lipinski definition) is 2. The zero-order chi connectivity index (χ0) is 13.0. The van der Waals surface area contributed by atoms with Gasteiger partial charge in [-0.3, -0.25) is 9.80 Å². The molecule has 0 heterocycles. The first-order valence-corrected chi connectivity index (χ1v) is 5.97. The second kappa shape index (κ2) is 5.89. The summed E-state index contributed by atoms with van der Waals surface area (Å²) in [7, 11) is 0. The number of benzene rings is 1. The first-order valence-electron chi connectivity index (χ1n) is 5.59. The lowest BCUT2D eigenvalue weighted by Gasteiger charge is -2.18. The molecule has 1 aromatic carbocycles. The lowest BCUT2D eigenvalue weighted by molar-refractivity contribution is 0.0754. The van der Waals surface area contributed by atoms with Gasteiger partial charge in [-0.05, 0) is 31.0 Å². The largest absolute Gasteiger partial charge is 0.398 e. The van der Waals surface area contributed by atoms with E-state index in [2.05, 4.69) is 0 Å². The second-order valence-corrected chi connectivity index (χ2v) is 4.47. The highest BCUT2D eigenvalue weighted by Crippen LogP contribution is 2.23. The van der Waals surface area contributed by atoms with Gasteiger partial charge in [0.25, 0.3) is 5.91 Å². The molecule has 0 aromatic heterocycles. The van der Waals surface area contributed by atoms with Crippen molar-refractivity contribution in [1.82, 2.24) is 5.01 Å². The Labute approximate surface area is 106 Å². The molecule has 0 saturated carbocycles. The van der Waals surface area contributed by atoms with E-state index in [4.69, 9.17) is 23.2 Å². The highest BCUT2D eigenvalue weighted by atomic mass is 35.5. The summed E-state index contributed by atoms with van der Waals surface area (Å²) in [5, 5.41) is 1.68. The Balaban J connectivity index is 2.96. The molecule has 4 N–H and O–H groups in total. The fourth-order valence-corrected chi connectivity index (χ4v) is 1.79. The number of carbonyl (C=O) groups is 1. The number of rotatable bonds is 4. The Kier molecular flexibility index (Phi) is 4.78. The lowest BCUT2D eigenvalue weighted by Crippen LogP contribution is -2.38. The maximum absolute atomic E-state index is 12.0. The smallest absolute Gasteiger partial charge is 0.269 e. The molecule has 0 atom stereocenters. The van der Waals surface area contributed by atoms with Crippen LogP contribution in [0.1, 0.15) is 35.7 Å². The van der Waals surface area contributed by atoms with Crippen LogP contribution in [0.3, 0.4) is 0 Å². The maximum Gasteiger partial charge on any atom is 0.269 e. The van der Waals surface area contributed by atoms with Gasteiger partial charge in [0.05, 0.1) is 5.56 Å². The average Bonchev–Trinajstić information content (AvgIpc) is 2.29. The molecule has 1 aromatic rings. The number of anilines is 1. The van der Waals surface area contributed by atoms with Crippen LogP contribution in [0.25, 0.3) is 0 Å². The van der Waals surface area contributed by atoms with Gasteiger partial charge in [-0.25, -0.2) is 5.84 Å². The van der Waals surface area contributed by atoms with Gasteiger partial charge in [-0.1, -0.05) is 24.9 Å². The molecule has 0 unspecified atom stereocenters. The third-order valence-electron chi connectivity index (χ3n) is 2.60. The summed E-state index contributed by atoms with van der Waals surface area (Å²) < 4.78 is 0. The lowest BCUT2D eigenvalue weighted by atomic mass is 10.1. The number of hydrogen-bond acceptors (Lipinski definition) is 3. The van der Waals surface area contributed by atoms with Crippen molar-refractivity contribution in [3.05, 3.63) is 28.3 Å². The third kappa shape index (κ3) is 3.35. The number of halogens is 1. The van der Waals surface area contributed by atoms with Crippen molar-refractivity contribution < 1.29 is 4.79 Å². The molecule has 17 heavy (non-hydrogen) atoms. The molecule has 0 aliphatic carbocycles. The van der Waals surface area contributed by atoms with Crippen molar-refractivity contribution in [2.45, 2.75) is 26.7 Å². The predicted molar refractivity (Wildman–Crippen MR) is 70.7 cm³/mol. The monoisotopic (exact) mass is 255 g/mol. The van der Waals surface area contributed by atoms with Gasteiger partial charge < -0.3 is 5.73 Å². The molecule has 1 amide bonds. The fraction of sp³-hybridized carbons (Fsp3) is 0.417. The fourth-order valence-electron chi connectivity index (χ4n) is 1.52. The van der Waals surface area contributed by atoms with E-state index in [0.717, 1.165) is 18.4 Å². The molecule has 0 bridgehead atoms. The summed E-state index contributed by atoms with van der Waals surface area (Å²) in [4.78, 5) is 12.0. The molecule has 0 aliphatic rings. The molecule has 0 fully saturated rings. The van der Waals surface area contributed by atoms with Crippen molar-refractivity contribution in [2.24, 2.45) is 5.84 Å². The average molecular weight is 256 g/mol. The number of nitrogens with zero attached hydrogens (tertiary/aromatic N) is 1. The highest BCUT2D eigenvalue weighted by molar-refractivity contribution is 6.31. The predicted octanol–water partition coefficient (Wildman–Crippen LogP) is 2.35. The van der Waals surface area contributed by atoms with Gasteiger partial charge >= 0.3 is 0 Å². The van der Waals surface area contributed by atoms with Gasteiger partial charge in [0.2, 0.25) is 0 Å². The van der Waals surface area contributed by atoms with Crippen LogP contribution in [-0.2, 0) is 0 Å². The number of hydrazine groups is 1. The second-order valence-electron chi connectivity index (χ2n) is 4.04. The molecular formula is C12H18ClN3O. The number of carbonyl (C=O) groups excluding carboxylic acids is 1. The molecule has 5 heteroatoms. The summed E-state index contributed by atoms with van der Waals surface area (Å²) in [5.41, 5.74) is 7.44. The van der Waals surface area contributed by atoms with Crippen LogP contribution in [-0.4, -0.2) is 17.5 Å². The molecule has 0 spiro atoms. The summed E-state index contributed by atoms with van der Waals surface area (Å²) in [6, 6.07) is 3.28. The van der Waals surface area contributed by atoms with Crippen LogP contribution in [0.4, 0.5) is 5.69 Å². The zero-order valence-corrected chi connectivity index (χ0v) is 10.9. The van der Waals surface area contributed by atoms with Gasteiger partial charge in [-0.15, -0.1) is 0 Å². The van der Waals surface area contributed by atoms with Crippen molar-refractivity contribution in [1.29, 1.82) is 0 Å². The van der Waals surface area contributed by atoms with Crippen molar-refractivity contribution in [2.75, 3.05) is 12.3 Å². The molecule has 4 nitrogen and oxygen atoms in total.